The third-order valence-electron chi connectivity index (χ3n) is 0.919. The van der Waals surface area contributed by atoms with Gasteiger partial charge in [0, 0.05) is 7.05 Å². The van der Waals surface area contributed by atoms with Gasteiger partial charge in [0.2, 0.25) is 0 Å². The van der Waals surface area contributed by atoms with Crippen molar-refractivity contribution in [2.45, 2.75) is 12.1 Å². The number of rotatable bonds is 1. The van der Waals surface area contributed by atoms with Gasteiger partial charge in [0.25, 0.3) is 0 Å². The largest absolute Gasteiger partial charge is 0.461 e. The van der Waals surface area contributed by atoms with Crippen LogP contribution in [0, 0.1) is 0 Å². The molecule has 0 heterocycles. The maximum absolute atomic E-state index is 11.9. The Labute approximate surface area is 58.9 Å². The highest BCUT2D eigenvalue weighted by Crippen LogP contribution is 2.35. The maximum atomic E-state index is 11.9. The molecule has 0 aromatic rings. The van der Waals surface area contributed by atoms with E-state index in [0.29, 0.717) is 0 Å². The first-order valence-electron chi connectivity index (χ1n) is 2.40. The van der Waals surface area contributed by atoms with Gasteiger partial charge >= 0.3 is 12.1 Å². The van der Waals surface area contributed by atoms with E-state index >= 15 is 0 Å². The molecule has 0 aliphatic rings. The molecule has 0 spiro atoms. The van der Waals surface area contributed by atoms with E-state index in [1.807, 2.05) is 0 Å². The summed E-state index contributed by atoms with van der Waals surface area (Å²) < 4.78 is 58.0. The molecular weight excluding hydrogens is 171 g/mol. The molecular formula is C4H5F5N2. The molecule has 0 aromatic heterocycles. The number of amidine groups is 1. The van der Waals surface area contributed by atoms with Gasteiger partial charge in [-0.15, -0.1) is 0 Å². The second-order valence-corrected chi connectivity index (χ2v) is 1.68. The molecule has 11 heavy (non-hydrogen) atoms. The topological polar surface area (TPSA) is 38.4 Å². The summed E-state index contributed by atoms with van der Waals surface area (Å²) in [5, 5.41) is 0. The van der Waals surface area contributed by atoms with Crippen LogP contribution >= 0.6 is 0 Å². The zero-order valence-corrected chi connectivity index (χ0v) is 5.41. The minimum Gasteiger partial charge on any atom is -0.382 e. The van der Waals surface area contributed by atoms with Crippen molar-refractivity contribution in [3.05, 3.63) is 0 Å². The Morgan fingerprint density at radius 3 is 1.64 bits per heavy atom. The van der Waals surface area contributed by atoms with Crippen LogP contribution in [0.15, 0.2) is 4.99 Å². The van der Waals surface area contributed by atoms with Gasteiger partial charge in [0.05, 0.1) is 0 Å². The van der Waals surface area contributed by atoms with Gasteiger partial charge in [0.15, 0.2) is 5.84 Å². The Kier molecular flexibility index (Phi) is 2.42. The summed E-state index contributed by atoms with van der Waals surface area (Å²) in [4.78, 5) is 2.55. The quantitative estimate of drug-likeness (QED) is 0.363. The van der Waals surface area contributed by atoms with E-state index in [9.17, 15) is 22.0 Å². The number of hydrogen-bond donors (Lipinski definition) is 1. The first kappa shape index (κ1) is 10.1. The summed E-state index contributed by atoms with van der Waals surface area (Å²) in [6.07, 6.45) is -5.67. The third-order valence-corrected chi connectivity index (χ3v) is 0.919. The molecule has 0 radical (unpaired) electrons. The monoisotopic (exact) mass is 176 g/mol. The van der Waals surface area contributed by atoms with Crippen molar-refractivity contribution < 1.29 is 22.0 Å². The van der Waals surface area contributed by atoms with Gasteiger partial charge in [-0.2, -0.15) is 22.0 Å². The van der Waals surface area contributed by atoms with Crippen LogP contribution in [0.25, 0.3) is 0 Å². The van der Waals surface area contributed by atoms with E-state index in [1.165, 1.54) is 0 Å². The molecule has 0 saturated carbocycles. The van der Waals surface area contributed by atoms with E-state index in [0.717, 1.165) is 7.05 Å². The first-order valence-corrected chi connectivity index (χ1v) is 2.40. The average Bonchev–Trinajstić information content (AvgIpc) is 1.83. The van der Waals surface area contributed by atoms with Crippen molar-refractivity contribution >= 4 is 5.84 Å². The van der Waals surface area contributed by atoms with Crippen LogP contribution in [0.1, 0.15) is 0 Å². The number of nitrogens with zero attached hydrogens (tertiary/aromatic N) is 1. The number of aliphatic imine (C=N–C) groups is 1. The van der Waals surface area contributed by atoms with Crippen LogP contribution in [0.4, 0.5) is 22.0 Å². The van der Waals surface area contributed by atoms with Gasteiger partial charge in [-0.25, -0.2) is 0 Å². The van der Waals surface area contributed by atoms with E-state index in [-0.39, 0.29) is 0 Å². The lowest BCUT2D eigenvalue weighted by molar-refractivity contribution is -0.249. The molecule has 0 aromatic carbocycles. The van der Waals surface area contributed by atoms with E-state index in [4.69, 9.17) is 0 Å². The van der Waals surface area contributed by atoms with Crippen molar-refractivity contribution in [2.75, 3.05) is 7.05 Å². The number of halogens is 5. The lowest BCUT2D eigenvalue weighted by atomic mass is 10.3. The Bertz CT molecular complexity index is 170. The van der Waals surface area contributed by atoms with Crippen molar-refractivity contribution in [3.8, 4) is 0 Å². The first-order chi connectivity index (χ1) is 4.73. The average molecular weight is 176 g/mol. The number of nitrogens with two attached hydrogens (primary N) is 1. The standard InChI is InChI=1S/C4H5F5N2/c1-11-2(10)3(5,6)4(7,8)9/h1H3,(H2,10,11). The minimum atomic E-state index is -5.67. The lowest BCUT2D eigenvalue weighted by Crippen LogP contribution is -2.48. The summed E-state index contributed by atoms with van der Waals surface area (Å²) in [5.41, 5.74) is 4.32. The summed E-state index contributed by atoms with van der Waals surface area (Å²) in [6.45, 7) is 0. The van der Waals surface area contributed by atoms with Crippen LogP contribution in [-0.4, -0.2) is 25.0 Å². The van der Waals surface area contributed by atoms with Crippen molar-refractivity contribution in [1.29, 1.82) is 0 Å². The normalized spacial score (nSPS) is 15.3. The van der Waals surface area contributed by atoms with Gasteiger partial charge in [0.1, 0.15) is 0 Å². The Morgan fingerprint density at radius 1 is 1.18 bits per heavy atom. The van der Waals surface area contributed by atoms with E-state index in [1.54, 1.807) is 0 Å². The predicted molar refractivity (Wildman–Crippen MR) is 28.5 cm³/mol. The number of alkyl halides is 5. The lowest BCUT2D eigenvalue weighted by Gasteiger charge is -2.17. The summed E-state index contributed by atoms with van der Waals surface area (Å²) >= 11 is 0. The highest BCUT2D eigenvalue weighted by Gasteiger charge is 2.60. The molecule has 0 fully saturated rings. The fourth-order valence-corrected chi connectivity index (χ4v) is 0.286. The highest BCUT2D eigenvalue weighted by molar-refractivity contribution is 5.88. The summed E-state index contributed by atoms with van der Waals surface area (Å²) in [5.74, 6) is -6.76. The molecule has 0 aliphatic carbocycles. The fraction of sp³-hybridized carbons (Fsp3) is 0.750. The molecule has 66 valence electrons. The van der Waals surface area contributed by atoms with Crippen LogP contribution < -0.4 is 5.73 Å². The molecule has 0 bridgehead atoms. The zero-order chi connectivity index (χ0) is 9.28. The van der Waals surface area contributed by atoms with Crippen molar-refractivity contribution in [1.82, 2.24) is 0 Å². The van der Waals surface area contributed by atoms with Gasteiger partial charge in [-0.05, 0) is 0 Å². The smallest absolute Gasteiger partial charge is 0.382 e. The molecule has 7 heteroatoms. The minimum absolute atomic E-state index is 0.759. The molecule has 0 unspecified atom stereocenters. The second-order valence-electron chi connectivity index (χ2n) is 1.68. The summed E-state index contributed by atoms with van der Waals surface area (Å²) in [7, 11) is 0.759. The van der Waals surface area contributed by atoms with Crippen molar-refractivity contribution in [3.63, 3.8) is 0 Å². The van der Waals surface area contributed by atoms with Gasteiger partial charge in [-0.1, -0.05) is 0 Å². The van der Waals surface area contributed by atoms with Gasteiger partial charge < -0.3 is 5.73 Å². The van der Waals surface area contributed by atoms with Crippen molar-refractivity contribution in [2.24, 2.45) is 10.7 Å². The highest BCUT2D eigenvalue weighted by atomic mass is 19.4. The molecule has 2 nitrogen and oxygen atoms in total. The Morgan fingerprint density at radius 2 is 1.55 bits per heavy atom. The zero-order valence-electron chi connectivity index (χ0n) is 5.41. The SMILES string of the molecule is CN=C(N)C(F)(F)C(F)(F)F. The number of hydrogen-bond acceptors (Lipinski definition) is 1. The molecule has 0 aliphatic heterocycles. The van der Waals surface area contributed by atoms with Crippen LogP contribution in [0.3, 0.4) is 0 Å². The second kappa shape index (κ2) is 2.63. The van der Waals surface area contributed by atoms with Crippen LogP contribution in [0.5, 0.6) is 0 Å². The maximum Gasteiger partial charge on any atom is 0.461 e. The van der Waals surface area contributed by atoms with E-state index < -0.39 is 17.9 Å². The molecule has 0 rings (SSSR count). The van der Waals surface area contributed by atoms with E-state index in [2.05, 4.69) is 10.7 Å². The molecule has 0 amide bonds. The fourth-order valence-electron chi connectivity index (χ4n) is 0.286. The predicted octanol–water partition coefficient (Wildman–Crippen LogP) is 1.17. The Balaban J connectivity index is 4.74. The van der Waals surface area contributed by atoms with Gasteiger partial charge in [-0.3, -0.25) is 4.99 Å². The molecule has 0 atom stereocenters. The Hall–Kier alpha value is -0.880. The van der Waals surface area contributed by atoms with Crippen LogP contribution in [-0.2, 0) is 0 Å². The van der Waals surface area contributed by atoms with Crippen LogP contribution in [0.2, 0.25) is 0 Å². The third kappa shape index (κ3) is 1.78. The summed E-state index contributed by atoms with van der Waals surface area (Å²) in [6, 6.07) is 0. The molecule has 2 N–H and O–H groups in total. The molecule has 0 saturated heterocycles.